The van der Waals surface area contributed by atoms with Crippen molar-refractivity contribution < 1.29 is 14.3 Å². The Morgan fingerprint density at radius 1 is 0.920 bits per heavy atom. The molecule has 1 rings (SSSR count). The predicted molar refractivity (Wildman–Crippen MR) is 104 cm³/mol. The summed E-state index contributed by atoms with van der Waals surface area (Å²) in [7, 11) is 0. The summed E-state index contributed by atoms with van der Waals surface area (Å²) in [6.45, 7) is 27.0. The molecule has 0 aromatic rings. The Balaban J connectivity index is 3.50. The first-order valence-electron chi connectivity index (χ1n) is 9.44. The van der Waals surface area contributed by atoms with E-state index in [0.717, 1.165) is 12.8 Å². The van der Waals surface area contributed by atoms with E-state index >= 15 is 0 Å². The Labute approximate surface area is 155 Å². The van der Waals surface area contributed by atoms with Gasteiger partial charge in [-0.15, -0.1) is 0 Å². The van der Waals surface area contributed by atoms with Gasteiger partial charge in [-0.1, -0.05) is 75.8 Å². The molecule has 0 aliphatic heterocycles. The molecule has 3 nitrogen and oxygen atoms in total. The lowest BCUT2D eigenvalue weighted by Gasteiger charge is -2.55. The van der Waals surface area contributed by atoms with Crippen LogP contribution in [0.15, 0.2) is 12.2 Å². The minimum absolute atomic E-state index is 0.00336. The molecule has 0 bridgehead atoms. The molecule has 0 atom stereocenters. The Hall–Kier alpha value is -0.830. The summed E-state index contributed by atoms with van der Waals surface area (Å²) in [6.07, 6.45) is 2.20. The highest BCUT2D eigenvalue weighted by atomic mass is 16.7. The van der Waals surface area contributed by atoms with E-state index in [4.69, 9.17) is 9.47 Å². The topological polar surface area (TPSA) is 35.5 Å². The van der Waals surface area contributed by atoms with Gasteiger partial charge in [0.1, 0.15) is 0 Å². The summed E-state index contributed by atoms with van der Waals surface area (Å²) >= 11 is 0. The number of carbonyl (C=O) groups excluding carboxylic acids is 1. The van der Waals surface area contributed by atoms with Crippen LogP contribution in [0.4, 0.5) is 0 Å². The molecule has 1 aliphatic rings. The van der Waals surface area contributed by atoms with Crippen molar-refractivity contribution in [1.29, 1.82) is 0 Å². The van der Waals surface area contributed by atoms with Gasteiger partial charge in [0.15, 0.2) is 0 Å². The van der Waals surface area contributed by atoms with Crippen molar-refractivity contribution >= 4 is 5.97 Å². The number of esters is 1. The molecule has 0 aromatic heterocycles. The summed E-state index contributed by atoms with van der Waals surface area (Å²) in [5.74, 6) is -1.45. The number of carbonyl (C=O) groups is 1. The average molecular weight is 353 g/mol. The van der Waals surface area contributed by atoms with Crippen LogP contribution >= 0.6 is 0 Å². The molecular weight excluding hydrogens is 312 g/mol. The SMILES string of the molecule is C=C(C)C(=O)OC(OC1C(C)(C)CCC1(C)C)(C(C)(C)C)C(C)(C)C. The molecule has 1 saturated carbocycles. The maximum absolute atomic E-state index is 12.5. The van der Waals surface area contributed by atoms with Gasteiger partial charge >= 0.3 is 5.97 Å². The smallest absolute Gasteiger partial charge is 0.335 e. The van der Waals surface area contributed by atoms with E-state index < -0.39 is 22.6 Å². The standard InChI is InChI=1S/C22H40O3/c1-15(2)16(23)24-22(18(3,4)5,19(6,7)8)25-17-20(9,10)13-14-21(17,11)12/h17H,1,13-14H2,2-12H3. The highest BCUT2D eigenvalue weighted by Gasteiger charge is 2.61. The number of ether oxygens (including phenoxy) is 2. The van der Waals surface area contributed by atoms with Crippen LogP contribution in [-0.4, -0.2) is 17.9 Å². The Morgan fingerprint density at radius 3 is 1.56 bits per heavy atom. The van der Waals surface area contributed by atoms with E-state index in [1.54, 1.807) is 6.92 Å². The van der Waals surface area contributed by atoms with Crippen LogP contribution in [0, 0.1) is 21.7 Å². The first-order chi connectivity index (χ1) is 10.9. The quantitative estimate of drug-likeness (QED) is 0.347. The van der Waals surface area contributed by atoms with Crippen LogP contribution in [0.3, 0.4) is 0 Å². The summed E-state index contributed by atoms with van der Waals surface area (Å²) in [5, 5.41) is 0. The monoisotopic (exact) mass is 352 g/mol. The first kappa shape index (κ1) is 22.2. The zero-order valence-corrected chi connectivity index (χ0v) is 18.4. The summed E-state index contributed by atoms with van der Waals surface area (Å²) in [6, 6.07) is 0. The van der Waals surface area contributed by atoms with Gasteiger partial charge in [0.2, 0.25) is 5.79 Å². The van der Waals surface area contributed by atoms with Gasteiger partial charge in [-0.3, -0.25) is 0 Å². The highest BCUT2D eigenvalue weighted by Crippen LogP contribution is 2.57. The third kappa shape index (κ3) is 4.13. The van der Waals surface area contributed by atoms with Crippen LogP contribution < -0.4 is 0 Å². The van der Waals surface area contributed by atoms with E-state index in [-0.39, 0.29) is 16.9 Å². The maximum Gasteiger partial charge on any atom is 0.335 e. The number of rotatable bonds is 4. The Kier molecular flexibility index (Phi) is 5.69. The molecule has 1 aliphatic carbocycles. The fourth-order valence-corrected chi connectivity index (χ4v) is 4.48. The van der Waals surface area contributed by atoms with Crippen LogP contribution in [0.1, 0.15) is 89.0 Å². The Bertz CT molecular complexity index is 496. The molecule has 0 heterocycles. The zero-order chi connectivity index (χ0) is 20.1. The van der Waals surface area contributed by atoms with Gasteiger partial charge in [0.05, 0.1) is 6.10 Å². The van der Waals surface area contributed by atoms with Gasteiger partial charge in [-0.2, -0.15) is 0 Å². The van der Waals surface area contributed by atoms with Crippen molar-refractivity contribution in [3.05, 3.63) is 12.2 Å². The van der Waals surface area contributed by atoms with Crippen molar-refractivity contribution in [3.63, 3.8) is 0 Å². The molecule has 3 heteroatoms. The summed E-state index contributed by atoms with van der Waals surface area (Å²) < 4.78 is 13.0. The Morgan fingerprint density at radius 2 is 1.28 bits per heavy atom. The molecule has 146 valence electrons. The van der Waals surface area contributed by atoms with Crippen molar-refractivity contribution in [2.75, 3.05) is 0 Å². The summed E-state index contributed by atoms with van der Waals surface area (Å²) in [4.78, 5) is 12.5. The largest absolute Gasteiger partial charge is 0.429 e. The molecule has 0 N–H and O–H groups in total. The second kappa shape index (κ2) is 6.40. The average Bonchev–Trinajstić information content (AvgIpc) is 2.57. The normalized spacial score (nSPS) is 21.2. The van der Waals surface area contributed by atoms with Crippen molar-refractivity contribution in [1.82, 2.24) is 0 Å². The number of hydrogen-bond acceptors (Lipinski definition) is 3. The second-order valence-corrected chi connectivity index (χ2v) is 11.3. The lowest BCUT2D eigenvalue weighted by molar-refractivity contribution is -0.351. The molecule has 0 saturated heterocycles. The highest BCUT2D eigenvalue weighted by molar-refractivity contribution is 5.87. The molecule has 0 amide bonds. The van der Waals surface area contributed by atoms with Crippen LogP contribution in [-0.2, 0) is 14.3 Å². The predicted octanol–water partition coefficient (Wildman–Crippen LogP) is 6.13. The second-order valence-electron chi connectivity index (χ2n) is 11.3. The van der Waals surface area contributed by atoms with Gasteiger partial charge < -0.3 is 9.47 Å². The van der Waals surface area contributed by atoms with E-state index in [2.05, 4.69) is 75.8 Å². The lowest BCUT2D eigenvalue weighted by Crippen LogP contribution is -2.61. The molecule has 0 radical (unpaired) electrons. The minimum Gasteiger partial charge on any atom is -0.429 e. The third-order valence-corrected chi connectivity index (χ3v) is 5.68. The summed E-state index contributed by atoms with van der Waals surface area (Å²) in [5.41, 5.74) is -0.343. The van der Waals surface area contributed by atoms with Gasteiger partial charge in [-0.25, -0.2) is 4.79 Å². The van der Waals surface area contributed by atoms with E-state index in [9.17, 15) is 4.79 Å². The van der Waals surface area contributed by atoms with Crippen molar-refractivity contribution in [2.24, 2.45) is 21.7 Å². The first-order valence-corrected chi connectivity index (χ1v) is 9.44. The van der Waals surface area contributed by atoms with Crippen LogP contribution in [0.2, 0.25) is 0 Å². The van der Waals surface area contributed by atoms with E-state index in [1.165, 1.54) is 0 Å². The minimum atomic E-state index is -1.06. The molecule has 25 heavy (non-hydrogen) atoms. The van der Waals surface area contributed by atoms with E-state index in [0.29, 0.717) is 5.57 Å². The van der Waals surface area contributed by atoms with Crippen molar-refractivity contribution in [2.45, 2.75) is 101 Å². The van der Waals surface area contributed by atoms with Crippen LogP contribution in [0.25, 0.3) is 0 Å². The molecular formula is C22H40O3. The fourth-order valence-electron chi connectivity index (χ4n) is 4.48. The number of hydrogen-bond donors (Lipinski definition) is 0. The van der Waals surface area contributed by atoms with Crippen LogP contribution in [0.5, 0.6) is 0 Å². The molecule has 1 fully saturated rings. The molecule has 0 spiro atoms. The fraction of sp³-hybridized carbons (Fsp3) is 0.864. The van der Waals surface area contributed by atoms with Gasteiger partial charge in [0, 0.05) is 16.4 Å². The van der Waals surface area contributed by atoms with Gasteiger partial charge in [0.25, 0.3) is 0 Å². The third-order valence-electron chi connectivity index (χ3n) is 5.68. The zero-order valence-electron chi connectivity index (χ0n) is 18.4. The lowest BCUT2D eigenvalue weighted by atomic mass is 9.69. The van der Waals surface area contributed by atoms with Gasteiger partial charge in [-0.05, 0) is 30.6 Å². The van der Waals surface area contributed by atoms with Crippen molar-refractivity contribution in [3.8, 4) is 0 Å². The maximum atomic E-state index is 12.5. The van der Waals surface area contributed by atoms with E-state index in [1.807, 2.05) is 0 Å². The molecule has 0 aromatic carbocycles. The molecule has 0 unspecified atom stereocenters.